The molecule has 134 valence electrons. The van der Waals surface area contributed by atoms with Gasteiger partial charge in [0, 0.05) is 49.0 Å². The number of amides is 1. The SMILES string of the molecule is O=C(NCc1cncnc1)c1nc(NCc2cncnc2)nc2ccsc12. The molecule has 0 saturated carbocycles. The van der Waals surface area contributed by atoms with E-state index in [1.165, 1.54) is 24.0 Å². The lowest BCUT2D eigenvalue weighted by Gasteiger charge is -2.08. The van der Waals surface area contributed by atoms with Crippen LogP contribution in [-0.2, 0) is 13.1 Å². The number of rotatable bonds is 6. The Balaban J connectivity index is 1.54. The van der Waals surface area contributed by atoms with E-state index >= 15 is 0 Å². The molecule has 0 saturated heterocycles. The van der Waals surface area contributed by atoms with E-state index in [1.54, 1.807) is 24.8 Å². The Bertz CT molecular complexity index is 1050. The van der Waals surface area contributed by atoms with Crippen molar-refractivity contribution >= 4 is 33.4 Å². The van der Waals surface area contributed by atoms with Crippen LogP contribution in [-0.4, -0.2) is 35.8 Å². The number of nitrogens with one attached hydrogen (secondary N) is 2. The molecule has 10 heteroatoms. The van der Waals surface area contributed by atoms with E-state index in [0.717, 1.165) is 21.3 Å². The average Bonchev–Trinajstić information content (AvgIpc) is 3.20. The quantitative estimate of drug-likeness (QED) is 0.521. The summed E-state index contributed by atoms with van der Waals surface area (Å²) in [6, 6.07) is 1.86. The number of carbonyl (C=O) groups is 1. The molecular formula is C17H14N8OS. The Morgan fingerprint density at radius 1 is 0.926 bits per heavy atom. The van der Waals surface area contributed by atoms with Crippen molar-refractivity contribution in [1.29, 1.82) is 0 Å². The molecule has 0 fully saturated rings. The molecule has 0 unspecified atom stereocenters. The van der Waals surface area contributed by atoms with Crippen molar-refractivity contribution in [2.45, 2.75) is 13.1 Å². The molecule has 0 spiro atoms. The topological polar surface area (TPSA) is 118 Å². The fourth-order valence-electron chi connectivity index (χ4n) is 2.39. The highest BCUT2D eigenvalue weighted by atomic mass is 32.1. The Labute approximate surface area is 158 Å². The highest BCUT2D eigenvalue weighted by Crippen LogP contribution is 2.23. The van der Waals surface area contributed by atoms with Gasteiger partial charge in [-0.25, -0.2) is 29.9 Å². The second-order valence-corrected chi connectivity index (χ2v) is 6.48. The Morgan fingerprint density at radius 3 is 2.30 bits per heavy atom. The zero-order valence-electron chi connectivity index (χ0n) is 14.0. The molecule has 0 bridgehead atoms. The van der Waals surface area contributed by atoms with Crippen LogP contribution in [0.2, 0.25) is 0 Å². The third kappa shape index (κ3) is 4.01. The molecule has 4 aromatic rings. The van der Waals surface area contributed by atoms with E-state index in [0.29, 0.717) is 24.7 Å². The van der Waals surface area contributed by atoms with Crippen molar-refractivity contribution in [3.8, 4) is 0 Å². The number of fused-ring (bicyclic) bond motifs is 1. The van der Waals surface area contributed by atoms with E-state index in [-0.39, 0.29) is 5.91 Å². The van der Waals surface area contributed by atoms with Gasteiger partial charge in [-0.3, -0.25) is 4.79 Å². The molecule has 4 aromatic heterocycles. The van der Waals surface area contributed by atoms with Crippen LogP contribution >= 0.6 is 11.3 Å². The van der Waals surface area contributed by atoms with Crippen molar-refractivity contribution in [2.24, 2.45) is 0 Å². The molecule has 0 radical (unpaired) electrons. The fraction of sp³-hybridized carbons (Fsp3) is 0.118. The van der Waals surface area contributed by atoms with Crippen LogP contribution in [0.3, 0.4) is 0 Å². The van der Waals surface area contributed by atoms with E-state index in [1.807, 2.05) is 11.4 Å². The van der Waals surface area contributed by atoms with Crippen LogP contribution < -0.4 is 10.6 Å². The van der Waals surface area contributed by atoms with Crippen LogP contribution in [0.25, 0.3) is 10.2 Å². The number of hydrogen-bond donors (Lipinski definition) is 2. The minimum Gasteiger partial charge on any atom is -0.350 e. The second kappa shape index (κ2) is 7.79. The first kappa shape index (κ1) is 16.9. The molecule has 27 heavy (non-hydrogen) atoms. The number of thiophene rings is 1. The lowest BCUT2D eigenvalue weighted by Crippen LogP contribution is -2.24. The Kier molecular flexibility index (Phi) is 4.88. The standard InChI is InChI=1S/C17H14N8OS/c26-16(22-7-11-3-18-9-19-4-11)14-15-13(1-2-27-15)24-17(25-14)23-8-12-5-20-10-21-6-12/h1-6,9-10H,7-8H2,(H,22,26)(H,23,24,25). The first-order valence-corrected chi connectivity index (χ1v) is 8.92. The van der Waals surface area contributed by atoms with Gasteiger partial charge in [-0.2, -0.15) is 0 Å². The zero-order chi connectivity index (χ0) is 18.5. The van der Waals surface area contributed by atoms with Gasteiger partial charge in [0.25, 0.3) is 5.91 Å². The third-order valence-electron chi connectivity index (χ3n) is 3.65. The summed E-state index contributed by atoms with van der Waals surface area (Å²) in [6.07, 6.45) is 9.64. The monoisotopic (exact) mass is 378 g/mol. The summed E-state index contributed by atoms with van der Waals surface area (Å²) in [5, 5.41) is 7.85. The summed E-state index contributed by atoms with van der Waals surface area (Å²) in [5.74, 6) is 0.0951. The Hall–Kier alpha value is -3.53. The van der Waals surface area contributed by atoms with Gasteiger partial charge in [-0.1, -0.05) is 0 Å². The van der Waals surface area contributed by atoms with Crippen LogP contribution in [0.1, 0.15) is 21.6 Å². The smallest absolute Gasteiger partial charge is 0.271 e. The highest BCUT2D eigenvalue weighted by molar-refractivity contribution is 7.17. The molecule has 4 rings (SSSR count). The molecule has 2 N–H and O–H groups in total. The van der Waals surface area contributed by atoms with Crippen molar-refractivity contribution in [1.82, 2.24) is 35.2 Å². The van der Waals surface area contributed by atoms with Gasteiger partial charge in [0.15, 0.2) is 5.69 Å². The second-order valence-electron chi connectivity index (χ2n) is 5.56. The molecule has 4 heterocycles. The predicted molar refractivity (Wildman–Crippen MR) is 100.0 cm³/mol. The molecule has 0 aliphatic heterocycles. The first-order chi connectivity index (χ1) is 13.3. The zero-order valence-corrected chi connectivity index (χ0v) is 14.8. The van der Waals surface area contributed by atoms with Gasteiger partial charge in [0.2, 0.25) is 5.95 Å². The van der Waals surface area contributed by atoms with Crippen LogP contribution in [0.5, 0.6) is 0 Å². The van der Waals surface area contributed by atoms with Crippen LogP contribution in [0.15, 0.2) is 48.9 Å². The minimum absolute atomic E-state index is 0.278. The fourth-order valence-corrected chi connectivity index (χ4v) is 3.20. The number of anilines is 1. The van der Waals surface area contributed by atoms with E-state index in [2.05, 4.69) is 40.5 Å². The number of hydrogen-bond acceptors (Lipinski definition) is 9. The maximum Gasteiger partial charge on any atom is 0.271 e. The Morgan fingerprint density at radius 2 is 1.59 bits per heavy atom. The van der Waals surface area contributed by atoms with E-state index in [9.17, 15) is 4.79 Å². The largest absolute Gasteiger partial charge is 0.350 e. The van der Waals surface area contributed by atoms with Crippen LogP contribution in [0, 0.1) is 0 Å². The first-order valence-electron chi connectivity index (χ1n) is 8.04. The van der Waals surface area contributed by atoms with Crippen molar-refractivity contribution in [3.05, 3.63) is 65.7 Å². The lowest BCUT2D eigenvalue weighted by molar-refractivity contribution is 0.0948. The molecule has 0 aliphatic rings. The molecule has 0 aliphatic carbocycles. The van der Waals surface area contributed by atoms with Crippen LogP contribution in [0.4, 0.5) is 5.95 Å². The number of aromatic nitrogens is 6. The highest BCUT2D eigenvalue weighted by Gasteiger charge is 2.16. The normalized spacial score (nSPS) is 10.7. The van der Waals surface area contributed by atoms with E-state index < -0.39 is 0 Å². The number of carbonyl (C=O) groups excluding carboxylic acids is 1. The summed E-state index contributed by atoms with van der Waals surface area (Å²) in [6.45, 7) is 0.777. The van der Waals surface area contributed by atoms with Crippen molar-refractivity contribution < 1.29 is 4.79 Å². The van der Waals surface area contributed by atoms with Gasteiger partial charge in [0.1, 0.15) is 12.7 Å². The number of nitrogens with zero attached hydrogens (tertiary/aromatic N) is 6. The maximum atomic E-state index is 12.7. The van der Waals surface area contributed by atoms with Gasteiger partial charge in [0.05, 0.1) is 10.2 Å². The molecule has 0 atom stereocenters. The molecule has 0 aromatic carbocycles. The summed E-state index contributed by atoms with van der Waals surface area (Å²) in [7, 11) is 0. The summed E-state index contributed by atoms with van der Waals surface area (Å²) >= 11 is 1.43. The van der Waals surface area contributed by atoms with Gasteiger partial charge in [-0.15, -0.1) is 11.3 Å². The summed E-state index contributed by atoms with van der Waals surface area (Å²) < 4.78 is 0.741. The van der Waals surface area contributed by atoms with Crippen molar-refractivity contribution in [3.63, 3.8) is 0 Å². The molecular weight excluding hydrogens is 364 g/mol. The molecule has 9 nitrogen and oxygen atoms in total. The summed E-state index contributed by atoms with van der Waals surface area (Å²) in [5.41, 5.74) is 2.75. The van der Waals surface area contributed by atoms with Gasteiger partial charge < -0.3 is 10.6 Å². The van der Waals surface area contributed by atoms with E-state index in [4.69, 9.17) is 0 Å². The predicted octanol–water partition coefficient (Wildman–Crippen LogP) is 1.81. The lowest BCUT2D eigenvalue weighted by atomic mass is 10.3. The van der Waals surface area contributed by atoms with Gasteiger partial charge in [-0.05, 0) is 11.4 Å². The summed E-state index contributed by atoms with van der Waals surface area (Å²) in [4.78, 5) is 37.4. The average molecular weight is 378 g/mol. The minimum atomic E-state index is -0.278. The third-order valence-corrected chi connectivity index (χ3v) is 4.56. The molecule has 1 amide bonds. The van der Waals surface area contributed by atoms with Crippen molar-refractivity contribution in [2.75, 3.05) is 5.32 Å². The maximum absolute atomic E-state index is 12.7. The van der Waals surface area contributed by atoms with Gasteiger partial charge >= 0.3 is 0 Å².